The largest absolute Gasteiger partial charge is 0.454 e. The van der Waals surface area contributed by atoms with Crippen molar-refractivity contribution in [3.8, 4) is 0 Å². The number of ether oxygens (including phenoxy) is 1. The molecule has 0 radical (unpaired) electrons. The molecule has 0 unspecified atom stereocenters. The lowest BCUT2D eigenvalue weighted by Gasteiger charge is -2.18. The summed E-state index contributed by atoms with van der Waals surface area (Å²) in [6, 6.07) is 6.31. The number of carbonyl (C=O) groups excluding carboxylic acids is 3. The summed E-state index contributed by atoms with van der Waals surface area (Å²) in [7, 11) is 0. The van der Waals surface area contributed by atoms with Crippen molar-refractivity contribution in [3.63, 3.8) is 0 Å². The third kappa shape index (κ3) is 8.07. The number of hydrogen-bond donors (Lipinski definition) is 2. The van der Waals surface area contributed by atoms with Gasteiger partial charge in [-0.25, -0.2) is 4.79 Å². The van der Waals surface area contributed by atoms with E-state index < -0.39 is 12.0 Å². The van der Waals surface area contributed by atoms with E-state index in [1.807, 2.05) is 33.1 Å². The smallest absolute Gasteiger partial charge is 0.329 e. The van der Waals surface area contributed by atoms with E-state index in [0.717, 1.165) is 5.56 Å². The molecule has 7 heteroatoms. The van der Waals surface area contributed by atoms with E-state index >= 15 is 0 Å². The van der Waals surface area contributed by atoms with Crippen molar-refractivity contribution in [2.24, 2.45) is 0 Å². The second-order valence-electron chi connectivity index (χ2n) is 6.01. The van der Waals surface area contributed by atoms with Crippen LogP contribution in [0.15, 0.2) is 24.3 Å². The van der Waals surface area contributed by atoms with Gasteiger partial charge in [-0.05, 0) is 51.3 Å². The van der Waals surface area contributed by atoms with Gasteiger partial charge < -0.3 is 15.4 Å². The number of amides is 2. The number of carbonyl (C=O) groups is 3. The number of hydrogen-bond acceptors (Lipinski definition) is 5. The average Bonchev–Trinajstić information content (AvgIpc) is 2.55. The molecule has 6 nitrogen and oxygen atoms in total. The standard InChI is InChI=1S/C18H26N2O4S/c1-12(2)19-16(21)11-24-18(23)15(8-9-25-4)20-17(22)14-7-5-6-13(3)10-14/h5-7,10,12,15H,8-9,11H2,1-4H3,(H,19,21)(H,20,22)/t15-/m0/s1. The molecule has 0 saturated carbocycles. The van der Waals surface area contributed by atoms with Crippen molar-refractivity contribution < 1.29 is 19.1 Å². The highest BCUT2D eigenvalue weighted by molar-refractivity contribution is 7.98. The first-order chi connectivity index (χ1) is 11.8. The van der Waals surface area contributed by atoms with Gasteiger partial charge in [0.05, 0.1) is 0 Å². The molecule has 1 rings (SSSR count). The molecule has 2 amide bonds. The second-order valence-corrected chi connectivity index (χ2v) is 6.99. The number of esters is 1. The van der Waals surface area contributed by atoms with Crippen LogP contribution in [0.3, 0.4) is 0 Å². The van der Waals surface area contributed by atoms with Crippen LogP contribution in [-0.2, 0) is 14.3 Å². The predicted octanol–water partition coefficient (Wildman–Crippen LogP) is 1.91. The molecule has 0 bridgehead atoms. The molecule has 0 aromatic heterocycles. The zero-order valence-corrected chi connectivity index (χ0v) is 15.9. The monoisotopic (exact) mass is 366 g/mol. The molecule has 0 fully saturated rings. The van der Waals surface area contributed by atoms with Gasteiger partial charge >= 0.3 is 5.97 Å². The fraction of sp³-hybridized carbons (Fsp3) is 0.500. The number of thioether (sulfide) groups is 1. The normalized spacial score (nSPS) is 11.7. The van der Waals surface area contributed by atoms with Crippen LogP contribution in [0.2, 0.25) is 0 Å². The Labute approximate surface area is 153 Å². The van der Waals surface area contributed by atoms with E-state index in [-0.39, 0.29) is 24.5 Å². The Morgan fingerprint density at radius 3 is 2.52 bits per heavy atom. The van der Waals surface area contributed by atoms with Crippen LogP contribution in [0.1, 0.15) is 36.2 Å². The number of aryl methyl sites for hydroxylation is 1. The van der Waals surface area contributed by atoms with Crippen LogP contribution in [-0.4, -0.2) is 48.5 Å². The van der Waals surface area contributed by atoms with Crippen molar-refractivity contribution >= 4 is 29.5 Å². The number of benzene rings is 1. The lowest BCUT2D eigenvalue weighted by Crippen LogP contribution is -2.43. The van der Waals surface area contributed by atoms with Crippen LogP contribution in [0.5, 0.6) is 0 Å². The van der Waals surface area contributed by atoms with E-state index in [0.29, 0.717) is 17.7 Å². The van der Waals surface area contributed by atoms with Crippen LogP contribution in [0.25, 0.3) is 0 Å². The SMILES string of the molecule is CSCC[C@H](NC(=O)c1cccc(C)c1)C(=O)OCC(=O)NC(C)C. The van der Waals surface area contributed by atoms with Gasteiger partial charge in [-0.1, -0.05) is 17.7 Å². The van der Waals surface area contributed by atoms with Crippen molar-refractivity contribution in [2.45, 2.75) is 39.3 Å². The van der Waals surface area contributed by atoms with Gasteiger partial charge in [0, 0.05) is 11.6 Å². The van der Waals surface area contributed by atoms with E-state index in [4.69, 9.17) is 4.74 Å². The maximum absolute atomic E-state index is 12.4. The summed E-state index contributed by atoms with van der Waals surface area (Å²) < 4.78 is 5.05. The molecule has 25 heavy (non-hydrogen) atoms. The highest BCUT2D eigenvalue weighted by Gasteiger charge is 2.23. The topological polar surface area (TPSA) is 84.5 Å². The summed E-state index contributed by atoms with van der Waals surface area (Å²) in [4.78, 5) is 36.2. The minimum Gasteiger partial charge on any atom is -0.454 e. The summed E-state index contributed by atoms with van der Waals surface area (Å²) in [5.74, 6) is -0.615. The number of nitrogens with one attached hydrogen (secondary N) is 2. The second kappa shape index (κ2) is 10.8. The Morgan fingerprint density at radius 2 is 1.92 bits per heavy atom. The zero-order valence-electron chi connectivity index (χ0n) is 15.1. The van der Waals surface area contributed by atoms with Crippen LogP contribution >= 0.6 is 11.8 Å². The van der Waals surface area contributed by atoms with Gasteiger partial charge in [0.2, 0.25) is 0 Å². The first-order valence-electron chi connectivity index (χ1n) is 8.16. The quantitative estimate of drug-likeness (QED) is 0.652. The Kier molecular flexibility index (Phi) is 9.05. The summed E-state index contributed by atoms with van der Waals surface area (Å²) in [6.45, 7) is 5.18. The van der Waals surface area contributed by atoms with E-state index in [1.165, 1.54) is 0 Å². The lowest BCUT2D eigenvalue weighted by atomic mass is 10.1. The first-order valence-corrected chi connectivity index (χ1v) is 9.55. The summed E-state index contributed by atoms with van der Waals surface area (Å²) >= 11 is 1.57. The fourth-order valence-corrected chi connectivity index (χ4v) is 2.58. The third-order valence-corrected chi connectivity index (χ3v) is 3.92. The third-order valence-electron chi connectivity index (χ3n) is 3.28. The molecule has 0 saturated heterocycles. The Balaban J connectivity index is 2.67. The fourth-order valence-electron chi connectivity index (χ4n) is 2.11. The molecule has 0 aliphatic rings. The highest BCUT2D eigenvalue weighted by atomic mass is 32.2. The minimum atomic E-state index is -0.785. The molecule has 0 spiro atoms. The molecular formula is C18H26N2O4S. The maximum atomic E-state index is 12.4. The Morgan fingerprint density at radius 1 is 1.20 bits per heavy atom. The van der Waals surface area contributed by atoms with Gasteiger partial charge in [-0.3, -0.25) is 9.59 Å². The molecule has 1 atom stereocenters. The molecular weight excluding hydrogens is 340 g/mol. The predicted molar refractivity (Wildman–Crippen MR) is 99.7 cm³/mol. The molecule has 138 valence electrons. The summed E-state index contributed by atoms with van der Waals surface area (Å²) in [6.07, 6.45) is 2.35. The summed E-state index contributed by atoms with van der Waals surface area (Å²) in [5.41, 5.74) is 1.45. The molecule has 2 N–H and O–H groups in total. The summed E-state index contributed by atoms with van der Waals surface area (Å²) in [5, 5.41) is 5.35. The van der Waals surface area contributed by atoms with Crippen LogP contribution in [0, 0.1) is 6.92 Å². The highest BCUT2D eigenvalue weighted by Crippen LogP contribution is 2.07. The van der Waals surface area contributed by atoms with Crippen LogP contribution < -0.4 is 10.6 Å². The van der Waals surface area contributed by atoms with E-state index in [2.05, 4.69) is 10.6 Å². The van der Waals surface area contributed by atoms with Gasteiger partial charge in [-0.2, -0.15) is 11.8 Å². The molecule has 1 aromatic rings. The van der Waals surface area contributed by atoms with E-state index in [1.54, 1.807) is 30.0 Å². The molecule has 0 heterocycles. The van der Waals surface area contributed by atoms with Crippen molar-refractivity contribution in [1.82, 2.24) is 10.6 Å². The minimum absolute atomic E-state index is 0.0282. The Bertz CT molecular complexity index is 604. The average molecular weight is 366 g/mol. The van der Waals surface area contributed by atoms with Crippen molar-refractivity contribution in [3.05, 3.63) is 35.4 Å². The van der Waals surface area contributed by atoms with Gasteiger partial charge in [-0.15, -0.1) is 0 Å². The van der Waals surface area contributed by atoms with Gasteiger partial charge in [0.25, 0.3) is 11.8 Å². The molecule has 1 aromatic carbocycles. The number of rotatable bonds is 9. The van der Waals surface area contributed by atoms with Gasteiger partial charge in [0.1, 0.15) is 6.04 Å². The molecule has 0 aliphatic heterocycles. The van der Waals surface area contributed by atoms with Gasteiger partial charge in [0.15, 0.2) is 6.61 Å². The molecule has 0 aliphatic carbocycles. The Hall–Kier alpha value is -2.02. The van der Waals surface area contributed by atoms with E-state index in [9.17, 15) is 14.4 Å². The maximum Gasteiger partial charge on any atom is 0.329 e. The van der Waals surface area contributed by atoms with Crippen molar-refractivity contribution in [2.75, 3.05) is 18.6 Å². The van der Waals surface area contributed by atoms with Crippen molar-refractivity contribution in [1.29, 1.82) is 0 Å². The zero-order chi connectivity index (χ0) is 18.8. The van der Waals surface area contributed by atoms with Crippen LogP contribution in [0.4, 0.5) is 0 Å². The lowest BCUT2D eigenvalue weighted by molar-refractivity contribution is -0.150. The first kappa shape index (κ1) is 21.0.